The number of rotatable bonds is 5. The highest BCUT2D eigenvalue weighted by atomic mass is 16.4. The van der Waals surface area contributed by atoms with E-state index < -0.39 is 18.0 Å². The van der Waals surface area contributed by atoms with Crippen LogP contribution in [0.25, 0.3) is 0 Å². The molecular formula is C11H16N4O3. The number of hydrogen-bond donors (Lipinski definition) is 3. The van der Waals surface area contributed by atoms with Crippen LogP contribution in [0.5, 0.6) is 0 Å². The van der Waals surface area contributed by atoms with Crippen LogP contribution in [-0.2, 0) is 4.79 Å². The van der Waals surface area contributed by atoms with Crippen LogP contribution >= 0.6 is 0 Å². The van der Waals surface area contributed by atoms with Crippen LogP contribution in [0, 0.1) is 5.92 Å². The summed E-state index contributed by atoms with van der Waals surface area (Å²) in [5.74, 6) is -0.880. The molecule has 1 aromatic heterocycles. The first-order valence-electron chi connectivity index (χ1n) is 5.54. The molecule has 0 aromatic carbocycles. The standard InChI is InChI=1S/C11H16N4O3/c1-7(2)3-9(10(16)17)15-11(18)14-8-4-12-6-13-5-8/h4-7,9H,3H2,1-2H3,(H,16,17)(H2,14,15,18)/t9-/m1/s1. The predicted molar refractivity (Wildman–Crippen MR) is 65.1 cm³/mol. The fourth-order valence-electron chi connectivity index (χ4n) is 1.38. The molecule has 1 rings (SSSR count). The molecule has 2 amide bonds. The van der Waals surface area contributed by atoms with Crippen LogP contribution in [0.1, 0.15) is 20.3 Å². The van der Waals surface area contributed by atoms with Gasteiger partial charge < -0.3 is 15.7 Å². The molecule has 0 bridgehead atoms. The topological polar surface area (TPSA) is 104 Å². The van der Waals surface area contributed by atoms with Gasteiger partial charge in [-0.3, -0.25) is 0 Å². The first kappa shape index (κ1) is 13.9. The number of carbonyl (C=O) groups is 2. The highest BCUT2D eigenvalue weighted by molar-refractivity contribution is 5.91. The van der Waals surface area contributed by atoms with Gasteiger partial charge in [-0.15, -0.1) is 0 Å². The van der Waals surface area contributed by atoms with Gasteiger partial charge in [0.25, 0.3) is 0 Å². The average molecular weight is 252 g/mol. The smallest absolute Gasteiger partial charge is 0.326 e. The zero-order valence-electron chi connectivity index (χ0n) is 10.3. The number of urea groups is 1. The molecule has 0 saturated carbocycles. The van der Waals surface area contributed by atoms with Crippen molar-refractivity contribution < 1.29 is 14.7 Å². The molecule has 0 aliphatic heterocycles. The molecule has 98 valence electrons. The first-order valence-corrected chi connectivity index (χ1v) is 5.54. The number of carboxylic acid groups (broad SMARTS) is 1. The molecule has 0 aliphatic rings. The van der Waals surface area contributed by atoms with Gasteiger partial charge in [-0.2, -0.15) is 0 Å². The zero-order chi connectivity index (χ0) is 13.5. The van der Waals surface area contributed by atoms with Crippen LogP contribution in [0.2, 0.25) is 0 Å². The van der Waals surface area contributed by atoms with Gasteiger partial charge in [0.1, 0.15) is 12.4 Å². The highest BCUT2D eigenvalue weighted by Crippen LogP contribution is 2.06. The van der Waals surface area contributed by atoms with Gasteiger partial charge >= 0.3 is 12.0 Å². The van der Waals surface area contributed by atoms with E-state index in [1.165, 1.54) is 18.7 Å². The van der Waals surface area contributed by atoms with E-state index in [2.05, 4.69) is 20.6 Å². The fraction of sp³-hybridized carbons (Fsp3) is 0.455. The summed E-state index contributed by atoms with van der Waals surface area (Å²) in [7, 11) is 0. The van der Waals surface area contributed by atoms with E-state index in [1.54, 1.807) is 0 Å². The number of aromatic nitrogens is 2. The largest absolute Gasteiger partial charge is 0.480 e. The van der Waals surface area contributed by atoms with Gasteiger partial charge in [-0.25, -0.2) is 19.6 Å². The van der Waals surface area contributed by atoms with Crippen LogP contribution < -0.4 is 10.6 Å². The molecule has 0 aliphatic carbocycles. The molecule has 18 heavy (non-hydrogen) atoms. The SMILES string of the molecule is CC(C)C[C@@H](NC(=O)Nc1cncnc1)C(=O)O. The summed E-state index contributed by atoms with van der Waals surface area (Å²) < 4.78 is 0. The summed E-state index contributed by atoms with van der Waals surface area (Å²) in [5, 5.41) is 13.8. The molecule has 0 saturated heterocycles. The van der Waals surface area contributed by atoms with Crippen LogP contribution in [0.4, 0.5) is 10.5 Å². The summed E-state index contributed by atoms with van der Waals surface area (Å²) in [4.78, 5) is 30.0. The summed E-state index contributed by atoms with van der Waals surface area (Å²) in [6.07, 6.45) is 4.55. The Balaban J connectivity index is 2.54. The van der Waals surface area contributed by atoms with E-state index >= 15 is 0 Å². The number of amides is 2. The fourth-order valence-corrected chi connectivity index (χ4v) is 1.38. The molecule has 0 fully saturated rings. The first-order chi connectivity index (χ1) is 8.49. The van der Waals surface area contributed by atoms with Crippen molar-refractivity contribution in [2.45, 2.75) is 26.3 Å². The Morgan fingerprint density at radius 3 is 2.44 bits per heavy atom. The van der Waals surface area contributed by atoms with Crippen molar-refractivity contribution in [1.29, 1.82) is 0 Å². The van der Waals surface area contributed by atoms with Gasteiger partial charge in [-0.05, 0) is 12.3 Å². The number of hydrogen-bond acceptors (Lipinski definition) is 4. The Kier molecular flexibility index (Phi) is 5.04. The van der Waals surface area contributed by atoms with Crippen molar-refractivity contribution >= 4 is 17.7 Å². The van der Waals surface area contributed by atoms with Crippen molar-refractivity contribution in [3.05, 3.63) is 18.7 Å². The minimum atomic E-state index is -1.05. The van der Waals surface area contributed by atoms with Crippen LogP contribution in [-0.4, -0.2) is 33.1 Å². The third-order valence-electron chi connectivity index (χ3n) is 2.13. The molecule has 7 heteroatoms. The normalized spacial score (nSPS) is 11.9. The third kappa shape index (κ3) is 4.77. The van der Waals surface area contributed by atoms with E-state index in [-0.39, 0.29) is 5.92 Å². The molecule has 1 heterocycles. The lowest BCUT2D eigenvalue weighted by molar-refractivity contribution is -0.139. The van der Waals surface area contributed by atoms with Crippen LogP contribution in [0.3, 0.4) is 0 Å². The lowest BCUT2D eigenvalue weighted by Gasteiger charge is -2.16. The number of nitrogens with one attached hydrogen (secondary N) is 2. The lowest BCUT2D eigenvalue weighted by atomic mass is 10.0. The Morgan fingerprint density at radius 2 is 1.94 bits per heavy atom. The zero-order valence-corrected chi connectivity index (χ0v) is 10.3. The third-order valence-corrected chi connectivity index (χ3v) is 2.13. The Bertz CT molecular complexity index is 408. The van der Waals surface area contributed by atoms with Gasteiger partial charge in [-0.1, -0.05) is 13.8 Å². The molecule has 3 N–H and O–H groups in total. The lowest BCUT2D eigenvalue weighted by Crippen LogP contribution is -2.43. The van der Waals surface area contributed by atoms with Gasteiger partial charge in [0.05, 0.1) is 18.1 Å². The van der Waals surface area contributed by atoms with Crippen LogP contribution in [0.15, 0.2) is 18.7 Å². The monoisotopic (exact) mass is 252 g/mol. The Hall–Kier alpha value is -2.18. The molecule has 0 unspecified atom stereocenters. The maximum absolute atomic E-state index is 11.6. The van der Waals surface area contributed by atoms with E-state index in [0.717, 1.165) is 0 Å². The maximum Gasteiger partial charge on any atom is 0.326 e. The van der Waals surface area contributed by atoms with Crippen molar-refractivity contribution in [2.24, 2.45) is 5.92 Å². The number of aliphatic carboxylic acids is 1. The summed E-state index contributed by atoms with van der Waals surface area (Å²) >= 11 is 0. The maximum atomic E-state index is 11.6. The average Bonchev–Trinajstić information content (AvgIpc) is 2.28. The molecule has 7 nitrogen and oxygen atoms in total. The molecular weight excluding hydrogens is 236 g/mol. The predicted octanol–water partition coefficient (Wildman–Crippen LogP) is 1.10. The van der Waals surface area contributed by atoms with Crippen molar-refractivity contribution in [3.8, 4) is 0 Å². The van der Waals surface area contributed by atoms with Crippen molar-refractivity contribution in [3.63, 3.8) is 0 Å². The minimum absolute atomic E-state index is 0.173. The van der Waals surface area contributed by atoms with Gasteiger partial charge in [0, 0.05) is 0 Å². The second kappa shape index (κ2) is 6.53. The summed E-state index contributed by atoms with van der Waals surface area (Å²) in [6, 6.07) is -1.49. The van der Waals surface area contributed by atoms with E-state index in [0.29, 0.717) is 12.1 Å². The highest BCUT2D eigenvalue weighted by Gasteiger charge is 2.20. The Labute approximate surface area is 105 Å². The van der Waals surface area contributed by atoms with E-state index in [1.807, 2.05) is 13.8 Å². The number of nitrogens with zero attached hydrogens (tertiary/aromatic N) is 2. The summed E-state index contributed by atoms with van der Waals surface area (Å²) in [5.41, 5.74) is 0.406. The van der Waals surface area contributed by atoms with E-state index in [9.17, 15) is 9.59 Å². The number of carbonyl (C=O) groups excluding carboxylic acids is 1. The van der Waals surface area contributed by atoms with Gasteiger partial charge in [0.15, 0.2) is 0 Å². The second-order valence-electron chi connectivity index (χ2n) is 4.25. The molecule has 1 atom stereocenters. The molecule has 0 spiro atoms. The number of anilines is 1. The Morgan fingerprint density at radius 1 is 1.33 bits per heavy atom. The second-order valence-corrected chi connectivity index (χ2v) is 4.25. The minimum Gasteiger partial charge on any atom is -0.480 e. The van der Waals surface area contributed by atoms with E-state index in [4.69, 9.17) is 5.11 Å². The number of carboxylic acids is 1. The molecule has 1 aromatic rings. The quantitative estimate of drug-likeness (QED) is 0.727. The van der Waals surface area contributed by atoms with Crippen molar-refractivity contribution in [2.75, 3.05) is 5.32 Å². The summed E-state index contributed by atoms with van der Waals surface area (Å²) in [6.45, 7) is 3.78. The molecule has 0 radical (unpaired) electrons. The van der Waals surface area contributed by atoms with Gasteiger partial charge in [0.2, 0.25) is 0 Å². The van der Waals surface area contributed by atoms with Crippen molar-refractivity contribution in [1.82, 2.24) is 15.3 Å².